The molecule has 0 unspecified atom stereocenters. The number of hydrogen-bond donors (Lipinski definition) is 1. The van der Waals surface area contributed by atoms with E-state index in [9.17, 15) is 9.59 Å². The standard InChI is InChI=1S/C26H26N2O3/c1-26(2,3)18-11-8-16(9-12-18)14-17-10-13-20-23(25(30)31-15-22(27)29)19-6-4-5-7-21(19)28-24(17)20/h4-9,11-12,14H,10,13,15H2,1-3H3,(H2,27,29). The van der Waals surface area contributed by atoms with Crippen molar-refractivity contribution in [2.24, 2.45) is 5.73 Å². The average molecular weight is 415 g/mol. The highest BCUT2D eigenvalue weighted by Gasteiger charge is 2.27. The number of nitrogens with two attached hydrogens (primary N) is 1. The molecule has 0 fully saturated rings. The Morgan fingerprint density at radius 2 is 1.77 bits per heavy atom. The lowest BCUT2D eigenvalue weighted by Gasteiger charge is -2.18. The molecule has 0 aliphatic heterocycles. The predicted octanol–water partition coefficient (Wildman–Crippen LogP) is 4.66. The fourth-order valence-electron chi connectivity index (χ4n) is 4.00. The van der Waals surface area contributed by atoms with Gasteiger partial charge in [0.25, 0.3) is 5.91 Å². The number of ether oxygens (including phenoxy) is 1. The highest BCUT2D eigenvalue weighted by atomic mass is 16.5. The number of aromatic nitrogens is 1. The van der Waals surface area contributed by atoms with E-state index >= 15 is 0 Å². The Balaban J connectivity index is 1.77. The van der Waals surface area contributed by atoms with Crippen LogP contribution in [0.2, 0.25) is 0 Å². The summed E-state index contributed by atoms with van der Waals surface area (Å²) in [6, 6.07) is 16.0. The van der Waals surface area contributed by atoms with Crippen molar-refractivity contribution in [1.82, 2.24) is 4.98 Å². The molecule has 0 saturated heterocycles. The number of carbonyl (C=O) groups excluding carboxylic acids is 2. The number of fused-ring (bicyclic) bond motifs is 2. The quantitative estimate of drug-likeness (QED) is 0.630. The molecule has 5 nitrogen and oxygen atoms in total. The normalized spacial score (nSPS) is 14.6. The highest BCUT2D eigenvalue weighted by Crippen LogP contribution is 2.38. The number of esters is 1. The van der Waals surface area contributed by atoms with Crippen molar-refractivity contribution in [2.45, 2.75) is 39.0 Å². The smallest absolute Gasteiger partial charge is 0.339 e. The lowest BCUT2D eigenvalue weighted by atomic mass is 9.86. The number of benzene rings is 2. The molecular weight excluding hydrogens is 388 g/mol. The maximum absolute atomic E-state index is 12.8. The van der Waals surface area contributed by atoms with E-state index in [-0.39, 0.29) is 5.41 Å². The van der Waals surface area contributed by atoms with E-state index in [2.05, 4.69) is 51.1 Å². The molecule has 3 aromatic rings. The van der Waals surface area contributed by atoms with E-state index in [4.69, 9.17) is 15.5 Å². The van der Waals surface area contributed by atoms with Gasteiger partial charge in [-0.3, -0.25) is 4.79 Å². The Morgan fingerprint density at radius 3 is 2.45 bits per heavy atom. The second-order valence-corrected chi connectivity index (χ2v) is 8.92. The Bertz CT molecular complexity index is 1200. The Morgan fingerprint density at radius 1 is 1.06 bits per heavy atom. The number of allylic oxidation sites excluding steroid dienone is 1. The molecule has 0 atom stereocenters. The van der Waals surface area contributed by atoms with Gasteiger partial charge >= 0.3 is 5.97 Å². The zero-order valence-corrected chi connectivity index (χ0v) is 18.1. The van der Waals surface area contributed by atoms with E-state index in [0.29, 0.717) is 12.0 Å². The minimum atomic E-state index is -0.678. The molecule has 1 aliphatic rings. The summed E-state index contributed by atoms with van der Waals surface area (Å²) in [6.07, 6.45) is 3.62. The van der Waals surface area contributed by atoms with Crippen LogP contribution in [0, 0.1) is 0 Å². The molecule has 158 valence electrons. The second kappa shape index (κ2) is 7.99. The number of nitrogens with zero attached hydrogens (tertiary/aromatic N) is 1. The average Bonchev–Trinajstić information content (AvgIpc) is 3.12. The van der Waals surface area contributed by atoms with Crippen LogP contribution in [-0.2, 0) is 21.4 Å². The SMILES string of the molecule is CC(C)(C)c1ccc(C=C2CCc3c2nc2ccccc2c3C(=O)OCC(N)=O)cc1. The van der Waals surface area contributed by atoms with Crippen LogP contribution in [-0.4, -0.2) is 23.5 Å². The van der Waals surface area contributed by atoms with Gasteiger partial charge in [-0.05, 0) is 52.7 Å². The summed E-state index contributed by atoms with van der Waals surface area (Å²) >= 11 is 0. The maximum Gasteiger partial charge on any atom is 0.339 e. The third-order valence-corrected chi connectivity index (χ3v) is 5.61. The van der Waals surface area contributed by atoms with Gasteiger partial charge in [-0.1, -0.05) is 63.2 Å². The Labute approximate surface area is 181 Å². The summed E-state index contributed by atoms with van der Waals surface area (Å²) in [6.45, 7) is 6.15. The molecule has 0 saturated carbocycles. The van der Waals surface area contributed by atoms with Crippen molar-refractivity contribution in [3.05, 3.63) is 76.5 Å². The number of hydrogen-bond acceptors (Lipinski definition) is 4. The van der Waals surface area contributed by atoms with Gasteiger partial charge < -0.3 is 10.5 Å². The second-order valence-electron chi connectivity index (χ2n) is 8.92. The predicted molar refractivity (Wildman–Crippen MR) is 123 cm³/mol. The van der Waals surface area contributed by atoms with E-state index in [1.54, 1.807) is 0 Å². The molecule has 31 heavy (non-hydrogen) atoms. The van der Waals surface area contributed by atoms with E-state index in [1.165, 1.54) is 5.56 Å². The van der Waals surface area contributed by atoms with Crippen LogP contribution in [0.5, 0.6) is 0 Å². The molecule has 2 aromatic carbocycles. The Kier molecular flexibility index (Phi) is 5.36. The molecular formula is C26H26N2O3. The molecule has 1 heterocycles. The number of carbonyl (C=O) groups is 2. The van der Waals surface area contributed by atoms with Crippen molar-refractivity contribution in [2.75, 3.05) is 6.61 Å². The maximum atomic E-state index is 12.8. The van der Waals surface area contributed by atoms with Gasteiger partial charge in [-0.25, -0.2) is 9.78 Å². The van der Waals surface area contributed by atoms with Crippen LogP contribution >= 0.6 is 0 Å². The fraction of sp³-hybridized carbons (Fsp3) is 0.269. The van der Waals surface area contributed by atoms with Crippen LogP contribution < -0.4 is 5.73 Å². The van der Waals surface area contributed by atoms with Crippen LogP contribution in [0.15, 0.2) is 48.5 Å². The van der Waals surface area contributed by atoms with Gasteiger partial charge in [-0.15, -0.1) is 0 Å². The van der Waals surface area contributed by atoms with Crippen LogP contribution in [0.25, 0.3) is 22.6 Å². The van der Waals surface area contributed by atoms with Crippen LogP contribution in [0.1, 0.15) is 59.9 Å². The molecule has 2 N–H and O–H groups in total. The third kappa shape index (κ3) is 4.22. The first-order valence-electron chi connectivity index (χ1n) is 10.4. The topological polar surface area (TPSA) is 82.3 Å². The van der Waals surface area contributed by atoms with E-state index in [1.807, 2.05) is 24.3 Å². The highest BCUT2D eigenvalue weighted by molar-refractivity contribution is 6.07. The fourth-order valence-corrected chi connectivity index (χ4v) is 4.00. The molecule has 0 bridgehead atoms. The molecule has 1 amide bonds. The lowest BCUT2D eigenvalue weighted by Crippen LogP contribution is -2.21. The van der Waals surface area contributed by atoms with Crippen molar-refractivity contribution < 1.29 is 14.3 Å². The summed E-state index contributed by atoms with van der Waals surface area (Å²) in [5.41, 5.74) is 11.6. The lowest BCUT2D eigenvalue weighted by molar-refractivity contribution is -0.121. The molecule has 0 spiro atoms. The van der Waals surface area contributed by atoms with Gasteiger partial charge in [0.1, 0.15) is 0 Å². The summed E-state index contributed by atoms with van der Waals surface area (Å²) in [7, 11) is 0. The minimum Gasteiger partial charge on any atom is -0.452 e. The minimum absolute atomic E-state index is 0.103. The van der Waals surface area contributed by atoms with Crippen molar-refractivity contribution >= 4 is 34.4 Å². The first kappa shape index (κ1) is 20.8. The summed E-state index contributed by atoms with van der Waals surface area (Å²) in [4.78, 5) is 28.8. The first-order chi connectivity index (χ1) is 14.7. The molecule has 5 heteroatoms. The van der Waals surface area contributed by atoms with E-state index in [0.717, 1.165) is 39.7 Å². The molecule has 4 rings (SSSR count). The molecule has 1 aliphatic carbocycles. The van der Waals surface area contributed by atoms with Gasteiger partial charge in [0.05, 0.1) is 16.8 Å². The summed E-state index contributed by atoms with van der Waals surface area (Å²) in [5, 5.41) is 0.728. The largest absolute Gasteiger partial charge is 0.452 e. The Hall–Kier alpha value is -3.47. The molecule has 1 aromatic heterocycles. The van der Waals surface area contributed by atoms with Crippen LogP contribution in [0.3, 0.4) is 0 Å². The molecule has 0 radical (unpaired) electrons. The summed E-state index contributed by atoms with van der Waals surface area (Å²) in [5.74, 6) is -1.22. The number of primary amides is 1. The zero-order valence-electron chi connectivity index (χ0n) is 18.1. The number of rotatable bonds is 4. The van der Waals surface area contributed by atoms with Crippen molar-refractivity contribution in [3.8, 4) is 0 Å². The van der Waals surface area contributed by atoms with Gasteiger partial charge in [-0.2, -0.15) is 0 Å². The van der Waals surface area contributed by atoms with Gasteiger partial charge in [0.2, 0.25) is 0 Å². The third-order valence-electron chi connectivity index (χ3n) is 5.61. The van der Waals surface area contributed by atoms with E-state index < -0.39 is 18.5 Å². The monoisotopic (exact) mass is 414 g/mol. The van der Waals surface area contributed by atoms with Crippen LogP contribution in [0.4, 0.5) is 0 Å². The number of para-hydroxylation sites is 1. The van der Waals surface area contributed by atoms with Crippen molar-refractivity contribution in [3.63, 3.8) is 0 Å². The van der Waals surface area contributed by atoms with Gasteiger partial charge in [0.15, 0.2) is 6.61 Å². The van der Waals surface area contributed by atoms with Gasteiger partial charge in [0, 0.05) is 5.39 Å². The zero-order chi connectivity index (χ0) is 22.2. The number of pyridine rings is 1. The number of amides is 1. The summed E-state index contributed by atoms with van der Waals surface area (Å²) < 4.78 is 5.16. The van der Waals surface area contributed by atoms with Crippen molar-refractivity contribution in [1.29, 1.82) is 0 Å². The first-order valence-corrected chi connectivity index (χ1v) is 10.4.